The minimum absolute atomic E-state index is 0.0133. The van der Waals surface area contributed by atoms with Gasteiger partial charge in [-0.3, -0.25) is 9.69 Å². The summed E-state index contributed by atoms with van der Waals surface area (Å²) in [5.41, 5.74) is 2.38. The predicted octanol–water partition coefficient (Wildman–Crippen LogP) is 4.86. The summed E-state index contributed by atoms with van der Waals surface area (Å²) in [6.07, 6.45) is 3.82. The number of hydrogen-bond acceptors (Lipinski definition) is 6. The monoisotopic (exact) mass is 436 g/mol. The Hall–Kier alpha value is -2.35. The predicted molar refractivity (Wildman–Crippen MR) is 124 cm³/mol. The average molecular weight is 437 g/mol. The Balaban J connectivity index is 1.19. The van der Waals surface area contributed by atoms with Gasteiger partial charge in [-0.2, -0.15) is 0 Å². The number of aromatic nitrogens is 1. The number of amides is 1. The van der Waals surface area contributed by atoms with Crippen LogP contribution < -0.4 is 9.62 Å². The van der Waals surface area contributed by atoms with Crippen molar-refractivity contribution in [1.82, 2.24) is 9.88 Å². The summed E-state index contributed by atoms with van der Waals surface area (Å²) in [6, 6.07) is 18.9. The molecule has 30 heavy (non-hydrogen) atoms. The molecule has 0 bridgehead atoms. The Bertz CT molecular complexity index is 978. The van der Waals surface area contributed by atoms with Crippen LogP contribution in [-0.2, 0) is 4.79 Å². The molecule has 5 nitrogen and oxygen atoms in total. The molecule has 2 fully saturated rings. The van der Waals surface area contributed by atoms with Crippen molar-refractivity contribution in [2.75, 3.05) is 29.3 Å². The van der Waals surface area contributed by atoms with Crippen LogP contribution in [0, 0.1) is 0 Å². The molecule has 2 atom stereocenters. The second-order valence-corrected chi connectivity index (χ2v) is 9.50. The molecule has 0 saturated carbocycles. The number of carbonyl (C=O) groups is 1. The molecule has 2 aliphatic heterocycles. The molecule has 1 unspecified atom stereocenters. The Morgan fingerprint density at radius 3 is 2.63 bits per heavy atom. The summed E-state index contributed by atoms with van der Waals surface area (Å²) in [6.45, 7) is 2.77. The first-order valence-corrected chi connectivity index (χ1v) is 12.0. The summed E-state index contributed by atoms with van der Waals surface area (Å²) in [5, 5.41) is 2.84. The van der Waals surface area contributed by atoms with Crippen LogP contribution in [0.4, 0.5) is 10.8 Å². The first kappa shape index (κ1) is 19.6. The maximum absolute atomic E-state index is 13.2. The minimum Gasteiger partial charge on any atom is -0.311 e. The van der Waals surface area contributed by atoms with Crippen molar-refractivity contribution in [2.24, 2.45) is 0 Å². The molecular weight excluding hydrogens is 412 g/mol. The fourth-order valence-electron chi connectivity index (χ4n) is 4.40. The number of likely N-dealkylation sites (tertiary alicyclic amines) is 1. The maximum Gasteiger partial charge on any atom is 0.244 e. The van der Waals surface area contributed by atoms with Crippen LogP contribution in [0.3, 0.4) is 0 Å². The number of nitrogens with one attached hydrogen (secondary N) is 1. The smallest absolute Gasteiger partial charge is 0.244 e. The molecule has 5 rings (SSSR count). The molecule has 3 heterocycles. The number of rotatable bonds is 6. The zero-order valence-corrected chi connectivity index (χ0v) is 18.2. The molecule has 1 amide bonds. The average Bonchev–Trinajstić information content (AvgIpc) is 3.54. The highest BCUT2D eigenvalue weighted by molar-refractivity contribution is 8.00. The number of nitrogens with zero attached hydrogens (tertiary/aromatic N) is 3. The molecule has 3 aromatic rings. The van der Waals surface area contributed by atoms with Crippen LogP contribution in [-0.4, -0.2) is 41.5 Å². The molecule has 7 heteroatoms. The van der Waals surface area contributed by atoms with E-state index in [4.69, 9.17) is 0 Å². The molecule has 1 aromatic heterocycles. The lowest BCUT2D eigenvalue weighted by atomic mass is 9.99. The van der Waals surface area contributed by atoms with E-state index >= 15 is 0 Å². The molecular formula is C23H24N4OS2. The van der Waals surface area contributed by atoms with Crippen LogP contribution in [0.15, 0.2) is 71.1 Å². The van der Waals surface area contributed by atoms with Crippen LogP contribution in [0.5, 0.6) is 0 Å². The fraction of sp³-hybridized carbons (Fsp3) is 0.304. The van der Waals surface area contributed by atoms with E-state index in [-0.39, 0.29) is 11.9 Å². The van der Waals surface area contributed by atoms with Gasteiger partial charge in [-0.05, 0) is 67.1 Å². The number of hydrogen-bond donors (Lipinski definition) is 1. The van der Waals surface area contributed by atoms with Crippen molar-refractivity contribution >= 4 is 40.0 Å². The van der Waals surface area contributed by atoms with E-state index in [1.807, 2.05) is 22.4 Å². The van der Waals surface area contributed by atoms with Crippen LogP contribution in [0.1, 0.15) is 24.3 Å². The summed E-state index contributed by atoms with van der Waals surface area (Å²) in [4.78, 5) is 22.8. The van der Waals surface area contributed by atoms with Crippen molar-refractivity contribution in [3.63, 3.8) is 0 Å². The van der Waals surface area contributed by atoms with Crippen LogP contribution >= 0.6 is 23.3 Å². The summed E-state index contributed by atoms with van der Waals surface area (Å²) in [5.74, 6) is 0.778. The van der Waals surface area contributed by atoms with E-state index in [2.05, 4.69) is 57.1 Å². The van der Waals surface area contributed by atoms with Gasteiger partial charge >= 0.3 is 0 Å². The molecule has 2 aromatic carbocycles. The van der Waals surface area contributed by atoms with E-state index < -0.39 is 0 Å². The zero-order valence-electron chi connectivity index (χ0n) is 16.6. The zero-order chi connectivity index (χ0) is 20.3. The Kier molecular flexibility index (Phi) is 5.75. The van der Waals surface area contributed by atoms with Gasteiger partial charge in [0.1, 0.15) is 0 Å². The normalized spacial score (nSPS) is 22.0. The largest absolute Gasteiger partial charge is 0.311 e. The van der Waals surface area contributed by atoms with Crippen LogP contribution in [0.2, 0.25) is 0 Å². The summed E-state index contributed by atoms with van der Waals surface area (Å²) >= 11 is 3.11. The highest BCUT2D eigenvalue weighted by atomic mass is 32.2. The van der Waals surface area contributed by atoms with Gasteiger partial charge in [0.05, 0.1) is 6.04 Å². The molecule has 154 valence electrons. The van der Waals surface area contributed by atoms with Gasteiger partial charge in [0.2, 0.25) is 5.91 Å². The van der Waals surface area contributed by atoms with Gasteiger partial charge in [-0.25, -0.2) is 4.98 Å². The maximum atomic E-state index is 13.2. The molecule has 2 aliphatic rings. The first-order valence-electron chi connectivity index (χ1n) is 10.3. The highest BCUT2D eigenvalue weighted by Crippen LogP contribution is 2.33. The Morgan fingerprint density at radius 2 is 1.87 bits per heavy atom. The third kappa shape index (κ3) is 4.10. The fourth-order valence-corrected chi connectivity index (χ4v) is 5.62. The number of carbonyl (C=O) groups excluding carboxylic acids is 1. The molecule has 0 aliphatic carbocycles. The second kappa shape index (κ2) is 8.79. The van der Waals surface area contributed by atoms with Crippen molar-refractivity contribution in [2.45, 2.75) is 29.7 Å². The quantitative estimate of drug-likeness (QED) is 0.560. The molecule has 0 radical (unpaired) electrons. The van der Waals surface area contributed by atoms with Gasteiger partial charge in [-0.1, -0.05) is 30.3 Å². The van der Waals surface area contributed by atoms with Crippen molar-refractivity contribution in [3.8, 4) is 0 Å². The topological polar surface area (TPSA) is 48.5 Å². The van der Waals surface area contributed by atoms with Crippen molar-refractivity contribution in [1.29, 1.82) is 0 Å². The molecule has 0 spiro atoms. The van der Waals surface area contributed by atoms with E-state index in [0.717, 1.165) is 48.2 Å². The Labute approximate surface area is 185 Å². The second-order valence-electron chi connectivity index (χ2n) is 7.72. The van der Waals surface area contributed by atoms with Gasteiger partial charge in [-0.15, -0.1) is 11.3 Å². The SMILES string of the molecule is O=C1[C@@H](N2CCC(c3ccccc3)C2)CCN1c1ccc(SNc2nccs2)cc1. The highest BCUT2D eigenvalue weighted by Gasteiger charge is 2.39. The Morgan fingerprint density at radius 1 is 1.03 bits per heavy atom. The lowest BCUT2D eigenvalue weighted by molar-refractivity contribution is -0.121. The van der Waals surface area contributed by atoms with E-state index in [1.165, 1.54) is 17.5 Å². The third-order valence-corrected chi connectivity index (χ3v) is 7.57. The summed E-state index contributed by atoms with van der Waals surface area (Å²) < 4.78 is 3.24. The van der Waals surface area contributed by atoms with E-state index in [9.17, 15) is 4.79 Å². The van der Waals surface area contributed by atoms with Gasteiger partial charge < -0.3 is 9.62 Å². The van der Waals surface area contributed by atoms with Gasteiger partial charge in [0.15, 0.2) is 5.13 Å². The van der Waals surface area contributed by atoms with Gasteiger partial charge in [0, 0.05) is 35.2 Å². The molecule has 2 saturated heterocycles. The van der Waals surface area contributed by atoms with Crippen molar-refractivity contribution in [3.05, 3.63) is 71.7 Å². The number of thiazole rings is 1. The third-order valence-electron chi connectivity index (χ3n) is 5.95. The standard InChI is InChI=1S/C23H24N4OS2/c28-22-21(26-13-10-18(16-26)17-4-2-1-3-5-17)11-14-27(22)19-6-8-20(9-7-19)30-25-23-24-12-15-29-23/h1-9,12,15,18,21H,10-11,13-14,16H2,(H,24,25)/t18?,21-/m0/s1. The number of benzene rings is 2. The lowest BCUT2D eigenvalue weighted by Crippen LogP contribution is -2.40. The first-order chi connectivity index (χ1) is 14.8. The minimum atomic E-state index is 0.0133. The van der Waals surface area contributed by atoms with Crippen molar-refractivity contribution < 1.29 is 4.79 Å². The van der Waals surface area contributed by atoms with E-state index in [0.29, 0.717) is 5.92 Å². The van der Waals surface area contributed by atoms with E-state index in [1.54, 1.807) is 17.5 Å². The van der Waals surface area contributed by atoms with Crippen LogP contribution in [0.25, 0.3) is 0 Å². The van der Waals surface area contributed by atoms with Gasteiger partial charge in [0.25, 0.3) is 0 Å². The summed E-state index contributed by atoms with van der Waals surface area (Å²) in [7, 11) is 0. The lowest BCUT2D eigenvalue weighted by Gasteiger charge is -2.23. The number of anilines is 2. The molecule has 1 N–H and O–H groups in total.